The first-order valence-electron chi connectivity index (χ1n) is 8.64. The van der Waals surface area contributed by atoms with Crippen LogP contribution in [0, 0.1) is 18.3 Å². The van der Waals surface area contributed by atoms with Crippen molar-refractivity contribution in [2.45, 2.75) is 20.0 Å². The van der Waals surface area contributed by atoms with Crippen LogP contribution < -0.4 is 14.8 Å². The zero-order valence-corrected chi connectivity index (χ0v) is 15.4. The number of nitriles is 1. The van der Waals surface area contributed by atoms with Gasteiger partial charge in [0.05, 0.1) is 7.11 Å². The van der Waals surface area contributed by atoms with Crippen LogP contribution >= 0.6 is 0 Å². The Balaban J connectivity index is 1.56. The number of methoxy groups -OCH3 is 1. The third-order valence-electron chi connectivity index (χ3n) is 3.99. The predicted octanol–water partition coefficient (Wildman–Crippen LogP) is 4.10. The van der Waals surface area contributed by atoms with Crippen LogP contribution in [-0.4, -0.2) is 18.6 Å². The summed E-state index contributed by atoms with van der Waals surface area (Å²) in [5.41, 5.74) is 2.50. The van der Waals surface area contributed by atoms with Crippen molar-refractivity contribution >= 4 is 5.88 Å². The first-order valence-corrected chi connectivity index (χ1v) is 8.64. The van der Waals surface area contributed by atoms with Gasteiger partial charge in [-0.2, -0.15) is 10.2 Å². The zero-order valence-electron chi connectivity index (χ0n) is 15.4. The summed E-state index contributed by atoms with van der Waals surface area (Å²) in [6.45, 7) is 2.78. The first-order chi connectivity index (χ1) is 13.2. The molecule has 0 aliphatic carbocycles. The molecule has 0 atom stereocenters. The largest absolute Gasteiger partial charge is 0.497 e. The lowest BCUT2D eigenvalue weighted by Gasteiger charge is -2.05. The standard InChI is InChI=1S/C21H21N3O3/c1-15-4-3-5-18(12-15)26-14-20-24-19(13-22)21(27-20)23-11-10-16-6-8-17(25-2)9-7-16/h3-9,12,23H,10-11,14H2,1-2H3. The number of benzene rings is 2. The van der Waals surface area contributed by atoms with E-state index in [0.717, 1.165) is 29.0 Å². The van der Waals surface area contributed by atoms with Crippen molar-refractivity contribution in [3.05, 3.63) is 71.2 Å². The molecule has 0 amide bonds. The topological polar surface area (TPSA) is 80.3 Å². The highest BCUT2D eigenvalue weighted by Gasteiger charge is 2.13. The molecule has 27 heavy (non-hydrogen) atoms. The van der Waals surface area contributed by atoms with Gasteiger partial charge in [0.15, 0.2) is 6.61 Å². The quantitative estimate of drug-likeness (QED) is 0.649. The van der Waals surface area contributed by atoms with Crippen molar-refractivity contribution in [1.82, 2.24) is 4.98 Å². The molecule has 3 aromatic rings. The van der Waals surface area contributed by atoms with Gasteiger partial charge in [0.1, 0.15) is 17.6 Å². The highest BCUT2D eigenvalue weighted by Crippen LogP contribution is 2.19. The van der Waals surface area contributed by atoms with Crippen molar-refractivity contribution in [3.63, 3.8) is 0 Å². The smallest absolute Gasteiger partial charge is 0.236 e. The van der Waals surface area contributed by atoms with Gasteiger partial charge in [-0.25, -0.2) is 0 Å². The molecule has 0 bridgehead atoms. The van der Waals surface area contributed by atoms with Gasteiger partial charge in [0.2, 0.25) is 17.5 Å². The summed E-state index contributed by atoms with van der Waals surface area (Å²) < 4.78 is 16.5. The molecule has 3 rings (SSSR count). The Bertz CT molecular complexity index is 927. The molecule has 0 spiro atoms. The van der Waals surface area contributed by atoms with Gasteiger partial charge in [0.25, 0.3) is 0 Å². The average Bonchev–Trinajstić information content (AvgIpc) is 3.09. The monoisotopic (exact) mass is 363 g/mol. The van der Waals surface area contributed by atoms with Gasteiger partial charge >= 0.3 is 0 Å². The number of ether oxygens (including phenoxy) is 2. The minimum Gasteiger partial charge on any atom is -0.497 e. The lowest BCUT2D eigenvalue weighted by atomic mass is 10.1. The van der Waals surface area contributed by atoms with Crippen LogP contribution in [0.15, 0.2) is 52.9 Å². The van der Waals surface area contributed by atoms with Crippen LogP contribution in [0.5, 0.6) is 11.5 Å². The Hall–Kier alpha value is -3.46. The molecule has 0 unspecified atom stereocenters. The number of aromatic nitrogens is 1. The Labute approximate surface area is 158 Å². The highest BCUT2D eigenvalue weighted by molar-refractivity contribution is 5.45. The van der Waals surface area contributed by atoms with E-state index in [1.165, 1.54) is 0 Å². The first kappa shape index (κ1) is 18.3. The van der Waals surface area contributed by atoms with E-state index < -0.39 is 0 Å². The van der Waals surface area contributed by atoms with Crippen LogP contribution in [0.2, 0.25) is 0 Å². The number of hydrogen-bond acceptors (Lipinski definition) is 6. The van der Waals surface area contributed by atoms with Crippen LogP contribution in [0.1, 0.15) is 22.7 Å². The molecule has 6 nitrogen and oxygen atoms in total. The molecule has 0 saturated carbocycles. The summed E-state index contributed by atoms with van der Waals surface area (Å²) in [7, 11) is 1.64. The highest BCUT2D eigenvalue weighted by atomic mass is 16.5. The van der Waals surface area contributed by atoms with Crippen LogP contribution in [0.4, 0.5) is 5.88 Å². The number of rotatable bonds is 8. The fourth-order valence-electron chi connectivity index (χ4n) is 2.58. The van der Waals surface area contributed by atoms with E-state index in [-0.39, 0.29) is 12.3 Å². The van der Waals surface area contributed by atoms with E-state index >= 15 is 0 Å². The van der Waals surface area contributed by atoms with E-state index in [4.69, 9.17) is 13.9 Å². The third kappa shape index (κ3) is 5.02. The fraction of sp³-hybridized carbons (Fsp3) is 0.238. The van der Waals surface area contributed by atoms with Crippen LogP contribution in [0.3, 0.4) is 0 Å². The van der Waals surface area contributed by atoms with Crippen LogP contribution in [-0.2, 0) is 13.0 Å². The van der Waals surface area contributed by atoms with Gasteiger partial charge in [-0.1, -0.05) is 24.3 Å². The summed E-state index contributed by atoms with van der Waals surface area (Å²) in [4.78, 5) is 4.18. The number of oxazole rings is 1. The number of nitrogens with zero attached hydrogens (tertiary/aromatic N) is 2. The van der Waals surface area contributed by atoms with E-state index in [9.17, 15) is 5.26 Å². The molecule has 1 N–H and O–H groups in total. The van der Waals surface area contributed by atoms with Gasteiger partial charge in [0, 0.05) is 6.54 Å². The van der Waals surface area contributed by atoms with Crippen LogP contribution in [0.25, 0.3) is 0 Å². The second-order valence-electron chi connectivity index (χ2n) is 6.03. The van der Waals surface area contributed by atoms with Crippen molar-refractivity contribution in [3.8, 4) is 17.6 Å². The predicted molar refractivity (Wildman–Crippen MR) is 102 cm³/mol. The minimum atomic E-state index is 0.165. The zero-order chi connectivity index (χ0) is 19.1. The summed E-state index contributed by atoms with van der Waals surface area (Å²) in [6.07, 6.45) is 0.782. The Morgan fingerprint density at radius 2 is 1.96 bits per heavy atom. The SMILES string of the molecule is COc1ccc(CCNc2oc(COc3cccc(C)c3)nc2C#N)cc1. The molecule has 0 fully saturated rings. The number of hydrogen-bond donors (Lipinski definition) is 1. The maximum atomic E-state index is 9.26. The minimum absolute atomic E-state index is 0.165. The average molecular weight is 363 g/mol. The van der Waals surface area contributed by atoms with Gasteiger partial charge < -0.3 is 19.2 Å². The number of nitrogens with one attached hydrogen (secondary N) is 1. The normalized spacial score (nSPS) is 10.3. The molecule has 1 aromatic heterocycles. The lowest BCUT2D eigenvalue weighted by molar-refractivity contribution is 0.264. The Morgan fingerprint density at radius 3 is 2.67 bits per heavy atom. The van der Waals surface area contributed by atoms with E-state index in [0.29, 0.717) is 18.3 Å². The Kier molecular flexibility index (Phi) is 5.95. The van der Waals surface area contributed by atoms with Crippen molar-refractivity contribution < 1.29 is 13.9 Å². The van der Waals surface area contributed by atoms with E-state index in [2.05, 4.69) is 10.3 Å². The molecule has 0 radical (unpaired) electrons. The second kappa shape index (κ2) is 8.77. The maximum Gasteiger partial charge on any atom is 0.236 e. The number of anilines is 1. The number of aryl methyl sites for hydroxylation is 1. The maximum absolute atomic E-state index is 9.26. The van der Waals surface area contributed by atoms with Gasteiger partial charge in [-0.3, -0.25) is 0 Å². The summed E-state index contributed by atoms with van der Waals surface area (Å²) in [6, 6.07) is 17.6. The second-order valence-corrected chi connectivity index (χ2v) is 6.03. The lowest BCUT2D eigenvalue weighted by Crippen LogP contribution is -2.05. The molecule has 0 aliphatic rings. The molecule has 0 saturated heterocycles. The molecular weight excluding hydrogens is 342 g/mol. The molecule has 1 heterocycles. The van der Waals surface area contributed by atoms with E-state index in [1.807, 2.05) is 61.5 Å². The Morgan fingerprint density at radius 1 is 1.15 bits per heavy atom. The molecule has 2 aromatic carbocycles. The molecule has 0 aliphatic heterocycles. The van der Waals surface area contributed by atoms with Crippen molar-refractivity contribution in [1.29, 1.82) is 5.26 Å². The van der Waals surface area contributed by atoms with Gasteiger partial charge in [-0.15, -0.1) is 0 Å². The van der Waals surface area contributed by atoms with E-state index in [1.54, 1.807) is 7.11 Å². The van der Waals surface area contributed by atoms with Gasteiger partial charge in [-0.05, 0) is 48.7 Å². The molecule has 6 heteroatoms. The summed E-state index contributed by atoms with van der Waals surface area (Å²) >= 11 is 0. The molecular formula is C21H21N3O3. The third-order valence-corrected chi connectivity index (χ3v) is 3.99. The van der Waals surface area contributed by atoms with Crippen molar-refractivity contribution in [2.75, 3.05) is 19.0 Å². The summed E-state index contributed by atoms with van der Waals surface area (Å²) in [5.74, 6) is 2.29. The fourth-order valence-corrected chi connectivity index (χ4v) is 2.58. The summed E-state index contributed by atoms with van der Waals surface area (Å²) in [5, 5.41) is 12.4. The van der Waals surface area contributed by atoms with Crippen molar-refractivity contribution in [2.24, 2.45) is 0 Å². The molecule has 138 valence electrons.